The predicted octanol–water partition coefficient (Wildman–Crippen LogP) is 4.54. The number of amides is 1. The summed E-state index contributed by atoms with van der Waals surface area (Å²) in [7, 11) is 0. The number of hydrogen-bond acceptors (Lipinski definition) is 3. The number of piperidine rings is 1. The summed E-state index contributed by atoms with van der Waals surface area (Å²) in [5.74, 6) is 0.733. The Morgan fingerprint density at radius 3 is 2.36 bits per heavy atom. The highest BCUT2D eigenvalue weighted by Crippen LogP contribution is 2.31. The van der Waals surface area contributed by atoms with Gasteiger partial charge >= 0.3 is 0 Å². The molecule has 0 radical (unpaired) electrons. The Balaban J connectivity index is 1.22. The Labute approximate surface area is 194 Å². The summed E-state index contributed by atoms with van der Waals surface area (Å²) in [6, 6.07) is 20.8. The lowest BCUT2D eigenvalue weighted by atomic mass is 9.88. The molecule has 0 spiro atoms. The number of nitrogens with zero attached hydrogens (tertiary/aromatic N) is 2. The first-order valence-electron chi connectivity index (χ1n) is 12.0. The van der Waals surface area contributed by atoms with Crippen LogP contribution in [0.2, 0.25) is 0 Å². The van der Waals surface area contributed by atoms with E-state index in [2.05, 4.69) is 4.90 Å². The van der Waals surface area contributed by atoms with Crippen LogP contribution < -0.4 is 0 Å². The fourth-order valence-electron chi connectivity index (χ4n) is 5.62. The second-order valence-electron chi connectivity index (χ2n) is 9.57. The van der Waals surface area contributed by atoms with Crippen LogP contribution in [0.4, 0.5) is 4.39 Å². The number of fused-ring (bicyclic) bond motifs is 1. The third kappa shape index (κ3) is 4.66. The van der Waals surface area contributed by atoms with E-state index in [9.17, 15) is 14.3 Å². The van der Waals surface area contributed by atoms with Gasteiger partial charge in [-0.3, -0.25) is 4.79 Å². The van der Waals surface area contributed by atoms with Crippen LogP contribution in [0.15, 0.2) is 66.7 Å². The van der Waals surface area contributed by atoms with Crippen LogP contribution in [0.3, 0.4) is 0 Å². The normalized spacial score (nSPS) is 22.2. The molecule has 2 aliphatic heterocycles. The first-order valence-corrected chi connectivity index (χ1v) is 12.0. The number of aliphatic hydroxyl groups excluding tert-OH is 1. The van der Waals surface area contributed by atoms with Crippen molar-refractivity contribution >= 4 is 16.7 Å². The van der Waals surface area contributed by atoms with Crippen molar-refractivity contribution in [3.05, 3.63) is 83.7 Å². The average Bonchev–Trinajstić information content (AvgIpc) is 3.27. The van der Waals surface area contributed by atoms with Gasteiger partial charge in [-0.1, -0.05) is 48.5 Å². The first kappa shape index (κ1) is 22.1. The molecule has 5 rings (SSSR count). The van der Waals surface area contributed by atoms with Gasteiger partial charge in [0.15, 0.2) is 0 Å². The number of carbonyl (C=O) groups excluding carboxylic acids is 1. The molecule has 1 amide bonds. The second kappa shape index (κ2) is 9.62. The molecule has 0 saturated carbocycles. The molecule has 0 aliphatic carbocycles. The highest BCUT2D eigenvalue weighted by atomic mass is 19.1. The molecule has 5 heteroatoms. The van der Waals surface area contributed by atoms with E-state index in [0.717, 1.165) is 48.8 Å². The predicted molar refractivity (Wildman–Crippen MR) is 129 cm³/mol. The number of benzene rings is 3. The topological polar surface area (TPSA) is 43.8 Å². The van der Waals surface area contributed by atoms with E-state index in [1.54, 1.807) is 12.1 Å². The van der Waals surface area contributed by atoms with Crippen LogP contribution in [-0.4, -0.2) is 60.1 Å². The summed E-state index contributed by atoms with van der Waals surface area (Å²) < 4.78 is 13.2. The summed E-state index contributed by atoms with van der Waals surface area (Å²) in [6.45, 7) is 4.29. The molecule has 2 aliphatic rings. The molecule has 3 aromatic carbocycles. The van der Waals surface area contributed by atoms with Gasteiger partial charge in [0.1, 0.15) is 5.82 Å². The Kier molecular flexibility index (Phi) is 6.43. The van der Waals surface area contributed by atoms with Crippen molar-refractivity contribution < 1.29 is 14.3 Å². The second-order valence-corrected chi connectivity index (χ2v) is 9.57. The number of hydrogen-bond donors (Lipinski definition) is 1. The molecule has 2 unspecified atom stereocenters. The van der Waals surface area contributed by atoms with E-state index < -0.39 is 0 Å². The van der Waals surface area contributed by atoms with E-state index in [1.807, 2.05) is 59.5 Å². The highest BCUT2D eigenvalue weighted by Gasteiger charge is 2.37. The zero-order valence-electron chi connectivity index (χ0n) is 18.9. The van der Waals surface area contributed by atoms with E-state index in [1.165, 1.54) is 5.56 Å². The van der Waals surface area contributed by atoms with Crippen LogP contribution in [0.1, 0.15) is 34.7 Å². The number of halogens is 1. The van der Waals surface area contributed by atoms with Crippen LogP contribution in [0.25, 0.3) is 10.8 Å². The van der Waals surface area contributed by atoms with Gasteiger partial charge < -0.3 is 14.9 Å². The Morgan fingerprint density at radius 2 is 1.61 bits per heavy atom. The van der Waals surface area contributed by atoms with Gasteiger partial charge in [-0.2, -0.15) is 0 Å². The van der Waals surface area contributed by atoms with E-state index in [0.29, 0.717) is 19.0 Å². The van der Waals surface area contributed by atoms with Gasteiger partial charge in [0, 0.05) is 37.7 Å². The average molecular weight is 447 g/mol. The van der Waals surface area contributed by atoms with Crippen molar-refractivity contribution in [2.24, 2.45) is 11.8 Å². The van der Waals surface area contributed by atoms with Gasteiger partial charge in [-0.15, -0.1) is 0 Å². The Morgan fingerprint density at radius 1 is 0.909 bits per heavy atom. The lowest BCUT2D eigenvalue weighted by molar-refractivity contribution is 0.0780. The van der Waals surface area contributed by atoms with Crippen LogP contribution in [0, 0.1) is 17.7 Å². The van der Waals surface area contributed by atoms with E-state index in [-0.39, 0.29) is 30.2 Å². The number of aliphatic hydroxyl groups is 1. The fourth-order valence-corrected chi connectivity index (χ4v) is 5.62. The molecule has 4 nitrogen and oxygen atoms in total. The van der Waals surface area contributed by atoms with Gasteiger partial charge in [-0.05, 0) is 72.3 Å². The maximum absolute atomic E-state index is 13.4. The Bertz CT molecular complexity index is 1100. The minimum Gasteiger partial charge on any atom is -0.396 e. The lowest BCUT2D eigenvalue weighted by Crippen LogP contribution is -2.39. The molecule has 2 heterocycles. The summed E-state index contributed by atoms with van der Waals surface area (Å²) in [4.78, 5) is 17.8. The van der Waals surface area contributed by atoms with Crippen molar-refractivity contribution in [3.63, 3.8) is 0 Å². The molecule has 0 bridgehead atoms. The SMILES string of the molecule is O=C(c1cccc2ccccc12)N1CC(CO)C(CN2CCC(c3ccc(F)cc3)CC2)C1. The molecular formula is C28H31FN2O2. The van der Waals surface area contributed by atoms with Crippen molar-refractivity contribution in [2.45, 2.75) is 18.8 Å². The molecule has 172 valence electrons. The molecule has 3 aromatic rings. The molecule has 1 N–H and O–H groups in total. The minimum absolute atomic E-state index is 0.0581. The number of rotatable bonds is 5. The van der Waals surface area contributed by atoms with Gasteiger partial charge in [-0.25, -0.2) is 4.39 Å². The fraction of sp³-hybridized carbons (Fsp3) is 0.393. The zero-order valence-corrected chi connectivity index (χ0v) is 18.9. The third-order valence-electron chi connectivity index (χ3n) is 7.54. The highest BCUT2D eigenvalue weighted by molar-refractivity contribution is 6.07. The maximum Gasteiger partial charge on any atom is 0.254 e. The van der Waals surface area contributed by atoms with Gasteiger partial charge in [0.2, 0.25) is 0 Å². The molecule has 0 aromatic heterocycles. The quantitative estimate of drug-likeness (QED) is 0.626. The molecule has 33 heavy (non-hydrogen) atoms. The monoisotopic (exact) mass is 446 g/mol. The standard InChI is InChI=1S/C28H31FN2O2/c29-25-10-8-20(9-11-25)21-12-14-30(15-13-21)16-23-17-31(18-24(23)19-32)28(33)27-7-3-5-22-4-1-2-6-26(22)27/h1-11,21,23-24,32H,12-19H2. The summed E-state index contributed by atoms with van der Waals surface area (Å²) in [5, 5.41) is 12.1. The van der Waals surface area contributed by atoms with Crippen molar-refractivity contribution in [1.82, 2.24) is 9.80 Å². The number of likely N-dealkylation sites (tertiary alicyclic amines) is 2. The first-order chi connectivity index (χ1) is 16.1. The van der Waals surface area contributed by atoms with Crippen LogP contribution in [0.5, 0.6) is 0 Å². The summed E-state index contributed by atoms with van der Waals surface area (Å²) in [5.41, 5.74) is 1.96. The third-order valence-corrected chi connectivity index (χ3v) is 7.54. The largest absolute Gasteiger partial charge is 0.396 e. The van der Waals surface area contributed by atoms with Gasteiger partial charge in [0.05, 0.1) is 0 Å². The molecule has 2 atom stereocenters. The van der Waals surface area contributed by atoms with Crippen molar-refractivity contribution in [3.8, 4) is 0 Å². The Hall–Kier alpha value is -2.76. The van der Waals surface area contributed by atoms with E-state index >= 15 is 0 Å². The minimum atomic E-state index is -0.185. The molecule has 2 saturated heterocycles. The zero-order chi connectivity index (χ0) is 22.8. The smallest absolute Gasteiger partial charge is 0.254 e. The van der Waals surface area contributed by atoms with Crippen molar-refractivity contribution in [1.29, 1.82) is 0 Å². The molecule has 2 fully saturated rings. The summed E-state index contributed by atoms with van der Waals surface area (Å²) >= 11 is 0. The number of carbonyl (C=O) groups is 1. The van der Waals surface area contributed by atoms with Crippen LogP contribution >= 0.6 is 0 Å². The summed E-state index contributed by atoms with van der Waals surface area (Å²) in [6.07, 6.45) is 2.11. The van der Waals surface area contributed by atoms with E-state index in [4.69, 9.17) is 0 Å². The van der Waals surface area contributed by atoms with Crippen LogP contribution in [-0.2, 0) is 0 Å². The lowest BCUT2D eigenvalue weighted by Gasteiger charge is -2.34. The van der Waals surface area contributed by atoms with Crippen molar-refractivity contribution in [2.75, 3.05) is 39.3 Å². The van der Waals surface area contributed by atoms with Gasteiger partial charge in [0.25, 0.3) is 5.91 Å². The molecular weight excluding hydrogens is 415 g/mol. The maximum atomic E-state index is 13.4.